The number of hydrogen-bond donors (Lipinski definition) is 2. The van der Waals surface area contributed by atoms with Crippen molar-refractivity contribution in [3.8, 4) is 0 Å². The Balaban J connectivity index is 2.48. The van der Waals surface area contributed by atoms with Gasteiger partial charge in [-0.05, 0) is 26.7 Å². The zero-order valence-electron chi connectivity index (χ0n) is 8.97. The largest absolute Gasteiger partial charge is 0.370 e. The molecule has 14 heavy (non-hydrogen) atoms. The molecule has 0 unspecified atom stereocenters. The Labute approximate surface area is 85.0 Å². The molecule has 1 heterocycles. The van der Waals surface area contributed by atoms with Crippen LogP contribution in [0, 0.1) is 0 Å². The molecule has 0 aromatic carbocycles. The molecule has 0 aliphatic carbocycles. The van der Waals surface area contributed by atoms with Gasteiger partial charge >= 0.3 is 0 Å². The summed E-state index contributed by atoms with van der Waals surface area (Å²) in [7, 11) is 0. The van der Waals surface area contributed by atoms with E-state index in [1.807, 2.05) is 13.8 Å². The van der Waals surface area contributed by atoms with Gasteiger partial charge in [-0.1, -0.05) is 0 Å². The predicted octanol–water partition coefficient (Wildman–Crippen LogP) is 0.812. The monoisotopic (exact) mass is 197 g/mol. The van der Waals surface area contributed by atoms with Gasteiger partial charge in [0.15, 0.2) is 0 Å². The first kappa shape index (κ1) is 11.0. The highest BCUT2D eigenvalue weighted by atomic mass is 16.1. The molecule has 0 spiro atoms. The van der Waals surface area contributed by atoms with Crippen LogP contribution in [-0.4, -0.2) is 23.8 Å². The van der Waals surface area contributed by atoms with Crippen LogP contribution in [0.1, 0.15) is 39.5 Å². The fraction of sp³-hybridized carbons (Fsp3) is 0.800. The summed E-state index contributed by atoms with van der Waals surface area (Å²) in [5.41, 5.74) is 4.89. The summed E-state index contributed by atoms with van der Waals surface area (Å²) in [6, 6.07) is 0. The maximum Gasteiger partial charge on any atom is 0.219 e. The molecule has 0 aromatic rings. The minimum atomic E-state index is -0.279. The number of nitrogens with zero attached hydrogens (tertiary/aromatic N) is 1. The predicted molar refractivity (Wildman–Crippen MR) is 57.2 cm³/mol. The number of rotatable bonds is 3. The lowest BCUT2D eigenvalue weighted by Crippen LogP contribution is -2.46. The third kappa shape index (κ3) is 3.77. The molecule has 4 nitrogen and oxygen atoms in total. The Hall–Kier alpha value is -1.06. The first-order chi connectivity index (χ1) is 6.49. The number of amidine groups is 1. The lowest BCUT2D eigenvalue weighted by atomic mass is 9.99. The number of aliphatic imine (C=N–C) groups is 1. The standard InChI is InChI=1S/C10H19N3O/c1-10(2,7-8(11)14)13-9-5-3-4-6-12-9/h3-7H2,1-2H3,(H2,11,14)(H,12,13). The molecule has 0 bridgehead atoms. The van der Waals surface area contributed by atoms with Gasteiger partial charge in [0.1, 0.15) is 0 Å². The van der Waals surface area contributed by atoms with Crippen LogP contribution in [0.3, 0.4) is 0 Å². The van der Waals surface area contributed by atoms with Crippen molar-refractivity contribution in [2.45, 2.75) is 45.1 Å². The maximum absolute atomic E-state index is 10.8. The van der Waals surface area contributed by atoms with E-state index in [9.17, 15) is 4.79 Å². The minimum absolute atomic E-state index is 0.276. The van der Waals surface area contributed by atoms with Gasteiger partial charge in [-0.3, -0.25) is 9.79 Å². The summed E-state index contributed by atoms with van der Waals surface area (Å²) >= 11 is 0. The number of hydrogen-bond acceptors (Lipinski definition) is 3. The number of carbonyl (C=O) groups excluding carboxylic acids is 1. The van der Waals surface area contributed by atoms with Crippen molar-refractivity contribution in [2.75, 3.05) is 6.54 Å². The highest BCUT2D eigenvalue weighted by Crippen LogP contribution is 2.11. The lowest BCUT2D eigenvalue weighted by molar-refractivity contribution is -0.119. The van der Waals surface area contributed by atoms with E-state index in [1.54, 1.807) is 0 Å². The second kappa shape index (κ2) is 4.44. The number of nitrogens with one attached hydrogen (secondary N) is 1. The van der Waals surface area contributed by atoms with E-state index < -0.39 is 0 Å². The molecule has 0 atom stereocenters. The van der Waals surface area contributed by atoms with Crippen LogP contribution in [0.5, 0.6) is 0 Å². The van der Waals surface area contributed by atoms with Crippen molar-refractivity contribution in [1.82, 2.24) is 5.32 Å². The molecule has 80 valence electrons. The van der Waals surface area contributed by atoms with E-state index in [0.29, 0.717) is 6.42 Å². The number of amides is 1. The van der Waals surface area contributed by atoms with Gasteiger partial charge in [0.05, 0.1) is 5.84 Å². The molecule has 0 aromatic heterocycles. The lowest BCUT2D eigenvalue weighted by Gasteiger charge is -2.28. The van der Waals surface area contributed by atoms with Crippen LogP contribution in [0.2, 0.25) is 0 Å². The summed E-state index contributed by atoms with van der Waals surface area (Å²) in [5, 5.41) is 3.28. The first-order valence-corrected chi connectivity index (χ1v) is 5.09. The van der Waals surface area contributed by atoms with Crippen molar-refractivity contribution in [2.24, 2.45) is 10.7 Å². The van der Waals surface area contributed by atoms with Crippen LogP contribution in [0.4, 0.5) is 0 Å². The SMILES string of the molecule is CC(C)(CC(N)=O)NC1=NCCCC1. The quantitative estimate of drug-likeness (QED) is 0.703. The van der Waals surface area contributed by atoms with Gasteiger partial charge in [0, 0.05) is 24.9 Å². The molecule has 0 saturated heterocycles. The van der Waals surface area contributed by atoms with Gasteiger partial charge in [-0.15, -0.1) is 0 Å². The van der Waals surface area contributed by atoms with E-state index in [-0.39, 0.29) is 11.4 Å². The van der Waals surface area contributed by atoms with Crippen molar-refractivity contribution in [1.29, 1.82) is 0 Å². The Morgan fingerprint density at radius 2 is 2.29 bits per heavy atom. The molecular formula is C10H19N3O. The number of carbonyl (C=O) groups is 1. The highest BCUT2D eigenvalue weighted by Gasteiger charge is 2.22. The second-order valence-corrected chi connectivity index (χ2v) is 4.44. The molecule has 0 saturated carbocycles. The van der Waals surface area contributed by atoms with Crippen molar-refractivity contribution in [3.05, 3.63) is 0 Å². The molecule has 4 heteroatoms. The average Bonchev–Trinajstić information content (AvgIpc) is 2.02. The van der Waals surface area contributed by atoms with Crippen molar-refractivity contribution in [3.63, 3.8) is 0 Å². The molecule has 1 aliphatic rings. The van der Waals surface area contributed by atoms with Crippen LogP contribution in [-0.2, 0) is 4.79 Å². The fourth-order valence-corrected chi connectivity index (χ4v) is 1.67. The topological polar surface area (TPSA) is 67.5 Å². The van der Waals surface area contributed by atoms with E-state index >= 15 is 0 Å². The normalized spacial score (nSPS) is 17.4. The Morgan fingerprint density at radius 3 is 2.79 bits per heavy atom. The van der Waals surface area contributed by atoms with E-state index in [4.69, 9.17) is 5.73 Å². The Kier molecular flexibility index (Phi) is 3.49. The average molecular weight is 197 g/mol. The number of primary amides is 1. The molecule has 0 radical (unpaired) electrons. The van der Waals surface area contributed by atoms with Crippen molar-refractivity contribution >= 4 is 11.7 Å². The summed E-state index contributed by atoms with van der Waals surface area (Å²) < 4.78 is 0. The highest BCUT2D eigenvalue weighted by molar-refractivity contribution is 5.84. The fourth-order valence-electron chi connectivity index (χ4n) is 1.67. The molecule has 3 N–H and O–H groups in total. The van der Waals surface area contributed by atoms with Crippen LogP contribution in [0.25, 0.3) is 0 Å². The molecule has 0 fully saturated rings. The third-order valence-corrected chi connectivity index (χ3v) is 2.22. The summed E-state index contributed by atoms with van der Waals surface area (Å²) in [4.78, 5) is 15.2. The van der Waals surface area contributed by atoms with Gasteiger partial charge in [-0.2, -0.15) is 0 Å². The molecule has 1 aliphatic heterocycles. The van der Waals surface area contributed by atoms with Crippen LogP contribution < -0.4 is 11.1 Å². The second-order valence-electron chi connectivity index (χ2n) is 4.44. The third-order valence-electron chi connectivity index (χ3n) is 2.22. The summed E-state index contributed by atoms with van der Waals surface area (Å²) in [5.74, 6) is 0.737. The zero-order chi connectivity index (χ0) is 10.6. The van der Waals surface area contributed by atoms with Gasteiger partial charge in [-0.25, -0.2) is 0 Å². The van der Waals surface area contributed by atoms with Gasteiger partial charge in [0.25, 0.3) is 0 Å². The number of nitrogens with two attached hydrogens (primary N) is 1. The van der Waals surface area contributed by atoms with E-state index in [2.05, 4.69) is 10.3 Å². The smallest absolute Gasteiger partial charge is 0.219 e. The van der Waals surface area contributed by atoms with Crippen LogP contribution in [0.15, 0.2) is 4.99 Å². The van der Waals surface area contributed by atoms with E-state index in [1.165, 1.54) is 12.8 Å². The Bertz CT molecular complexity index is 246. The molecule has 1 amide bonds. The molecule has 1 rings (SSSR count). The van der Waals surface area contributed by atoms with Gasteiger partial charge in [0.2, 0.25) is 5.91 Å². The molecular weight excluding hydrogens is 178 g/mol. The first-order valence-electron chi connectivity index (χ1n) is 5.09. The van der Waals surface area contributed by atoms with Crippen LogP contribution >= 0.6 is 0 Å². The minimum Gasteiger partial charge on any atom is -0.370 e. The van der Waals surface area contributed by atoms with Crippen molar-refractivity contribution < 1.29 is 4.79 Å². The van der Waals surface area contributed by atoms with E-state index in [0.717, 1.165) is 18.8 Å². The maximum atomic E-state index is 10.8. The summed E-state index contributed by atoms with van der Waals surface area (Å²) in [6.07, 6.45) is 3.67. The van der Waals surface area contributed by atoms with Gasteiger partial charge < -0.3 is 11.1 Å². The Morgan fingerprint density at radius 1 is 1.57 bits per heavy atom. The summed E-state index contributed by atoms with van der Waals surface area (Å²) in [6.45, 7) is 4.83. The zero-order valence-corrected chi connectivity index (χ0v) is 8.97.